The summed E-state index contributed by atoms with van der Waals surface area (Å²) in [6.07, 6.45) is 1.93. The van der Waals surface area contributed by atoms with Gasteiger partial charge < -0.3 is 15.6 Å². The van der Waals surface area contributed by atoms with E-state index >= 15 is 0 Å². The van der Waals surface area contributed by atoms with E-state index in [1.165, 1.54) is 0 Å². The molecular formula is C17H16N4O5. The highest BCUT2D eigenvalue weighted by molar-refractivity contribution is 6.11. The van der Waals surface area contributed by atoms with Crippen LogP contribution in [0.1, 0.15) is 22.5 Å². The van der Waals surface area contributed by atoms with Gasteiger partial charge in [-0.05, 0) is 18.1 Å². The smallest absolute Gasteiger partial charge is 0.340 e. The number of aromatic nitrogens is 2. The number of ketones is 1. The minimum Gasteiger partial charge on any atom is -0.392 e. The highest BCUT2D eigenvalue weighted by Crippen LogP contribution is 2.29. The van der Waals surface area contributed by atoms with Crippen molar-refractivity contribution in [3.8, 4) is 11.4 Å². The molecule has 1 aromatic carbocycles. The lowest BCUT2D eigenvalue weighted by molar-refractivity contribution is -0.384. The molecule has 134 valence electrons. The summed E-state index contributed by atoms with van der Waals surface area (Å²) >= 11 is 0. The second-order valence-electron chi connectivity index (χ2n) is 5.63. The second kappa shape index (κ2) is 7.38. The van der Waals surface area contributed by atoms with E-state index in [-0.39, 0.29) is 30.5 Å². The lowest BCUT2D eigenvalue weighted by Gasteiger charge is -2.13. The van der Waals surface area contributed by atoms with Gasteiger partial charge in [-0.3, -0.25) is 14.9 Å². The molecule has 0 aliphatic carbocycles. The van der Waals surface area contributed by atoms with Gasteiger partial charge in [-0.2, -0.15) is 0 Å². The Kier molecular flexibility index (Phi) is 5.01. The highest BCUT2D eigenvalue weighted by Gasteiger charge is 2.30. The third kappa shape index (κ3) is 3.44. The summed E-state index contributed by atoms with van der Waals surface area (Å²) in [5.74, 6) is -0.863. The Labute approximate surface area is 148 Å². The number of Topliss-reactive ketones (excluding diaryl/α,β-unsaturated/α-hetero) is 1. The molecule has 0 fully saturated rings. The van der Waals surface area contributed by atoms with Gasteiger partial charge in [0.15, 0.2) is 11.5 Å². The van der Waals surface area contributed by atoms with Crippen LogP contribution in [0.3, 0.4) is 0 Å². The molecule has 1 aromatic heterocycles. The average Bonchev–Trinajstić information content (AvgIpc) is 2.67. The summed E-state index contributed by atoms with van der Waals surface area (Å²) in [7, 11) is 0. The van der Waals surface area contributed by atoms with Crippen LogP contribution in [0.2, 0.25) is 0 Å². The molecule has 3 rings (SSSR count). The molecule has 2 heterocycles. The number of carbonyl (C=O) groups is 1. The summed E-state index contributed by atoms with van der Waals surface area (Å²) in [4.78, 5) is 31.5. The van der Waals surface area contributed by atoms with Crippen LogP contribution in [0.4, 0.5) is 11.5 Å². The van der Waals surface area contributed by atoms with Crippen molar-refractivity contribution in [2.75, 3.05) is 18.9 Å². The number of nitrogen functional groups attached to an aromatic ring is 1. The van der Waals surface area contributed by atoms with E-state index in [9.17, 15) is 20.0 Å². The maximum absolute atomic E-state index is 12.8. The minimum absolute atomic E-state index is 0.0828. The van der Waals surface area contributed by atoms with Crippen molar-refractivity contribution >= 4 is 17.3 Å². The third-order valence-electron chi connectivity index (χ3n) is 3.93. The maximum Gasteiger partial charge on any atom is 0.340 e. The van der Waals surface area contributed by atoms with E-state index in [0.717, 1.165) is 0 Å². The molecule has 9 nitrogen and oxygen atoms in total. The Bertz CT molecular complexity index is 910. The first-order valence-electron chi connectivity index (χ1n) is 7.84. The van der Waals surface area contributed by atoms with Gasteiger partial charge in [0.1, 0.15) is 0 Å². The molecule has 0 amide bonds. The first kappa shape index (κ1) is 17.6. The van der Waals surface area contributed by atoms with Gasteiger partial charge in [-0.1, -0.05) is 24.3 Å². The highest BCUT2D eigenvalue weighted by atomic mass is 16.6. The fourth-order valence-electron chi connectivity index (χ4n) is 2.63. The molecule has 2 aromatic rings. The topological polar surface area (TPSA) is 141 Å². The number of benzene rings is 1. The fourth-order valence-corrected chi connectivity index (χ4v) is 2.63. The predicted octanol–water partition coefficient (Wildman–Crippen LogP) is 1.66. The number of anilines is 1. The standard InChI is InChI=1S/C17H16N4O5/c18-16-14(21(24)25)13(15(23)11-4-6-26-7-5-11)19-17(20-16)12-3-1-2-10(8-12)9-22/h1-4,8,22H,5-7,9H2,(H2,18,19,20). The molecule has 0 atom stereocenters. The van der Waals surface area contributed by atoms with Crippen molar-refractivity contribution in [2.24, 2.45) is 0 Å². The molecule has 0 saturated carbocycles. The van der Waals surface area contributed by atoms with Crippen molar-refractivity contribution in [1.29, 1.82) is 0 Å². The van der Waals surface area contributed by atoms with Crippen molar-refractivity contribution in [3.05, 3.63) is 57.3 Å². The van der Waals surface area contributed by atoms with Crippen LogP contribution in [0.5, 0.6) is 0 Å². The minimum atomic E-state index is -0.754. The number of aliphatic hydroxyl groups is 1. The Morgan fingerprint density at radius 1 is 1.38 bits per heavy atom. The van der Waals surface area contributed by atoms with E-state index in [0.29, 0.717) is 29.7 Å². The van der Waals surface area contributed by atoms with Gasteiger partial charge in [-0.25, -0.2) is 9.97 Å². The maximum atomic E-state index is 12.8. The third-order valence-corrected chi connectivity index (χ3v) is 3.93. The van der Waals surface area contributed by atoms with E-state index in [1.54, 1.807) is 30.3 Å². The first-order chi connectivity index (χ1) is 12.5. The number of nitrogens with zero attached hydrogens (tertiary/aromatic N) is 3. The number of nitrogens with two attached hydrogens (primary N) is 1. The molecular weight excluding hydrogens is 340 g/mol. The predicted molar refractivity (Wildman–Crippen MR) is 92.3 cm³/mol. The zero-order valence-electron chi connectivity index (χ0n) is 13.7. The van der Waals surface area contributed by atoms with Crippen molar-refractivity contribution < 1.29 is 19.6 Å². The monoisotopic (exact) mass is 356 g/mol. The van der Waals surface area contributed by atoms with E-state index in [2.05, 4.69) is 9.97 Å². The number of rotatable bonds is 5. The second-order valence-corrected chi connectivity index (χ2v) is 5.63. The van der Waals surface area contributed by atoms with E-state index in [1.807, 2.05) is 0 Å². The summed E-state index contributed by atoms with van der Waals surface area (Å²) in [6.45, 7) is 0.438. The molecule has 0 saturated heterocycles. The van der Waals surface area contributed by atoms with Crippen LogP contribution in [0.25, 0.3) is 11.4 Å². The molecule has 1 aliphatic heterocycles. The number of hydrogen-bond acceptors (Lipinski definition) is 8. The van der Waals surface area contributed by atoms with Crippen molar-refractivity contribution in [1.82, 2.24) is 9.97 Å². The average molecular weight is 356 g/mol. The zero-order chi connectivity index (χ0) is 18.7. The van der Waals surface area contributed by atoms with Crippen LogP contribution < -0.4 is 5.73 Å². The Morgan fingerprint density at radius 2 is 2.19 bits per heavy atom. The lowest BCUT2D eigenvalue weighted by atomic mass is 10.0. The van der Waals surface area contributed by atoms with Crippen LogP contribution in [0, 0.1) is 10.1 Å². The van der Waals surface area contributed by atoms with Crippen molar-refractivity contribution in [3.63, 3.8) is 0 Å². The van der Waals surface area contributed by atoms with Gasteiger partial charge in [0.25, 0.3) is 0 Å². The number of carbonyl (C=O) groups excluding carboxylic acids is 1. The van der Waals surface area contributed by atoms with E-state index in [4.69, 9.17) is 10.5 Å². The molecule has 0 radical (unpaired) electrons. The number of hydrogen-bond donors (Lipinski definition) is 2. The summed E-state index contributed by atoms with van der Waals surface area (Å²) in [5, 5.41) is 20.7. The van der Waals surface area contributed by atoms with E-state index < -0.39 is 16.4 Å². The molecule has 0 bridgehead atoms. The summed E-state index contributed by atoms with van der Waals surface area (Å²) < 4.78 is 5.16. The normalized spacial score (nSPS) is 14.0. The summed E-state index contributed by atoms with van der Waals surface area (Å²) in [5.41, 5.74) is 6.31. The van der Waals surface area contributed by atoms with Gasteiger partial charge in [0.05, 0.1) is 24.7 Å². The first-order valence-corrected chi connectivity index (χ1v) is 7.84. The summed E-state index contributed by atoms with van der Waals surface area (Å²) in [6, 6.07) is 6.69. The van der Waals surface area contributed by atoms with Gasteiger partial charge in [-0.15, -0.1) is 0 Å². The van der Waals surface area contributed by atoms with Crippen molar-refractivity contribution in [2.45, 2.75) is 13.0 Å². The largest absolute Gasteiger partial charge is 0.392 e. The quantitative estimate of drug-likeness (QED) is 0.468. The number of aliphatic hydroxyl groups excluding tert-OH is 1. The molecule has 9 heteroatoms. The SMILES string of the molecule is Nc1nc(-c2cccc(CO)c2)nc(C(=O)C2=CCOCC2)c1[N+](=O)[O-]. The molecule has 0 spiro atoms. The fraction of sp³-hybridized carbons (Fsp3) is 0.235. The Hall–Kier alpha value is -3.17. The van der Waals surface area contributed by atoms with Gasteiger partial charge in [0, 0.05) is 11.1 Å². The van der Waals surface area contributed by atoms with Crippen LogP contribution in [0.15, 0.2) is 35.9 Å². The Morgan fingerprint density at radius 3 is 2.85 bits per heavy atom. The van der Waals surface area contributed by atoms with Gasteiger partial charge >= 0.3 is 5.69 Å². The zero-order valence-corrected chi connectivity index (χ0v) is 13.7. The molecule has 26 heavy (non-hydrogen) atoms. The Balaban J connectivity index is 2.14. The van der Waals surface area contributed by atoms with Crippen LogP contribution in [-0.2, 0) is 11.3 Å². The molecule has 3 N–H and O–H groups in total. The van der Waals surface area contributed by atoms with Crippen LogP contribution in [-0.4, -0.2) is 39.0 Å². The lowest BCUT2D eigenvalue weighted by Crippen LogP contribution is -2.17. The van der Waals surface area contributed by atoms with Gasteiger partial charge in [0.2, 0.25) is 11.6 Å². The number of nitro groups is 1. The van der Waals surface area contributed by atoms with Crippen LogP contribution >= 0.6 is 0 Å². The molecule has 1 aliphatic rings. The number of ether oxygens (including phenoxy) is 1. The molecule has 0 unspecified atom stereocenters.